The van der Waals surface area contributed by atoms with Crippen molar-refractivity contribution in [3.05, 3.63) is 53.7 Å². The summed E-state index contributed by atoms with van der Waals surface area (Å²) in [5, 5.41) is 12.7. The average molecular weight is 354 g/mol. The molecule has 9 heteroatoms. The summed E-state index contributed by atoms with van der Waals surface area (Å²) in [6, 6.07) is 5.52. The van der Waals surface area contributed by atoms with Gasteiger partial charge >= 0.3 is 12.3 Å². The number of rotatable bonds is 6. The normalized spacial score (nSPS) is 15.6. The predicted molar refractivity (Wildman–Crippen MR) is 77.9 cm³/mol. The van der Waals surface area contributed by atoms with E-state index in [-0.39, 0.29) is 23.6 Å². The van der Waals surface area contributed by atoms with E-state index < -0.39 is 17.7 Å². The first-order valence-corrected chi connectivity index (χ1v) is 7.30. The number of ether oxygens (including phenoxy) is 1. The van der Waals surface area contributed by atoms with Crippen molar-refractivity contribution in [3.63, 3.8) is 0 Å². The number of carbonyl (C=O) groups is 1. The molecule has 1 aromatic heterocycles. The number of aromatic nitrogens is 2. The molecule has 0 spiro atoms. The summed E-state index contributed by atoms with van der Waals surface area (Å²) >= 11 is 0. The Kier molecular flexibility index (Phi) is 4.02. The number of halogens is 3. The van der Waals surface area contributed by atoms with Gasteiger partial charge in [-0.05, 0) is 30.5 Å². The summed E-state index contributed by atoms with van der Waals surface area (Å²) in [5.41, 5.74) is 0.142. The number of aliphatic carboxylic acids is 1. The van der Waals surface area contributed by atoms with Crippen LogP contribution in [-0.4, -0.2) is 27.6 Å². The minimum Gasteiger partial charge on any atom is -0.478 e. The molecule has 0 radical (unpaired) electrons. The summed E-state index contributed by atoms with van der Waals surface area (Å²) in [7, 11) is 0. The van der Waals surface area contributed by atoms with Crippen molar-refractivity contribution < 1.29 is 32.3 Å². The minimum atomic E-state index is -4.74. The molecule has 1 fully saturated rings. The van der Waals surface area contributed by atoms with Gasteiger partial charge in [0.1, 0.15) is 5.75 Å². The standard InChI is InChI=1S/C16H13F3N2O4/c1-9(13(22)23)8-12-20-14(21-25-12)15(6-7-15)10-2-4-11(5-3-10)24-16(17,18)19/h2-5H,1,6-8H2,(H,22,23). The molecule has 1 heterocycles. The Balaban J connectivity index is 1.77. The molecule has 0 bridgehead atoms. The molecule has 1 aromatic carbocycles. The molecular formula is C16H13F3N2O4. The van der Waals surface area contributed by atoms with Crippen LogP contribution in [0.2, 0.25) is 0 Å². The topological polar surface area (TPSA) is 85.5 Å². The SMILES string of the molecule is C=C(Cc1nc(C2(c3ccc(OC(F)(F)F)cc3)CC2)no1)C(=O)O. The summed E-state index contributed by atoms with van der Waals surface area (Å²) in [6.07, 6.45) is -3.39. The highest BCUT2D eigenvalue weighted by Gasteiger charge is 2.50. The molecule has 2 aromatic rings. The van der Waals surface area contributed by atoms with Crippen LogP contribution in [0.4, 0.5) is 13.2 Å². The Bertz CT molecular complexity index is 808. The summed E-state index contributed by atoms with van der Waals surface area (Å²) < 4.78 is 45.6. The van der Waals surface area contributed by atoms with Gasteiger partial charge in [0.05, 0.1) is 11.8 Å². The Labute approximate surface area is 139 Å². The average Bonchev–Trinajstić information content (AvgIpc) is 3.20. The third-order valence-electron chi connectivity index (χ3n) is 3.95. The molecule has 1 saturated carbocycles. The minimum absolute atomic E-state index is 0.0726. The summed E-state index contributed by atoms with van der Waals surface area (Å²) in [4.78, 5) is 15.0. The highest BCUT2D eigenvalue weighted by molar-refractivity contribution is 5.86. The largest absolute Gasteiger partial charge is 0.573 e. The van der Waals surface area contributed by atoms with Crippen molar-refractivity contribution >= 4 is 5.97 Å². The van der Waals surface area contributed by atoms with E-state index in [1.54, 1.807) is 0 Å². The molecule has 3 rings (SSSR count). The molecule has 1 aliphatic carbocycles. The maximum absolute atomic E-state index is 12.2. The maximum Gasteiger partial charge on any atom is 0.573 e. The van der Waals surface area contributed by atoms with E-state index in [1.165, 1.54) is 24.3 Å². The molecule has 25 heavy (non-hydrogen) atoms. The predicted octanol–water partition coefficient (Wildman–Crippen LogP) is 3.23. The van der Waals surface area contributed by atoms with E-state index in [1.807, 2.05) is 0 Å². The number of hydrogen-bond acceptors (Lipinski definition) is 5. The van der Waals surface area contributed by atoms with Crippen molar-refractivity contribution in [2.45, 2.75) is 31.0 Å². The molecule has 132 valence electrons. The van der Waals surface area contributed by atoms with Crippen molar-refractivity contribution in [1.82, 2.24) is 10.1 Å². The molecule has 6 nitrogen and oxygen atoms in total. The first kappa shape index (κ1) is 17.0. The van der Waals surface area contributed by atoms with E-state index >= 15 is 0 Å². The van der Waals surface area contributed by atoms with Crippen LogP contribution in [0.15, 0.2) is 40.9 Å². The lowest BCUT2D eigenvalue weighted by atomic mass is 9.95. The molecule has 0 amide bonds. The maximum atomic E-state index is 12.2. The van der Waals surface area contributed by atoms with Gasteiger partial charge in [0.25, 0.3) is 0 Å². The van der Waals surface area contributed by atoms with Crippen molar-refractivity contribution in [2.75, 3.05) is 0 Å². The number of hydrogen-bond donors (Lipinski definition) is 1. The number of nitrogens with zero attached hydrogens (tertiary/aromatic N) is 2. The third-order valence-corrected chi connectivity index (χ3v) is 3.95. The first-order valence-electron chi connectivity index (χ1n) is 7.30. The van der Waals surface area contributed by atoms with Crippen molar-refractivity contribution in [3.8, 4) is 5.75 Å². The number of alkyl halides is 3. The molecule has 0 aliphatic heterocycles. The zero-order valence-electron chi connectivity index (χ0n) is 12.8. The lowest BCUT2D eigenvalue weighted by Crippen LogP contribution is -2.17. The fourth-order valence-electron chi connectivity index (χ4n) is 2.52. The fourth-order valence-corrected chi connectivity index (χ4v) is 2.52. The Morgan fingerprint density at radius 1 is 1.32 bits per heavy atom. The monoisotopic (exact) mass is 354 g/mol. The van der Waals surface area contributed by atoms with Gasteiger partial charge in [-0.3, -0.25) is 0 Å². The van der Waals surface area contributed by atoms with Gasteiger partial charge in [-0.15, -0.1) is 13.2 Å². The van der Waals surface area contributed by atoms with Gasteiger partial charge in [-0.25, -0.2) is 4.79 Å². The molecular weight excluding hydrogens is 341 g/mol. The summed E-state index contributed by atoms with van der Waals surface area (Å²) in [5.74, 6) is -0.948. The zero-order valence-corrected chi connectivity index (χ0v) is 12.8. The highest BCUT2D eigenvalue weighted by Crippen LogP contribution is 2.52. The second-order valence-electron chi connectivity index (χ2n) is 5.75. The lowest BCUT2D eigenvalue weighted by molar-refractivity contribution is -0.274. The van der Waals surface area contributed by atoms with Gasteiger partial charge in [-0.2, -0.15) is 4.98 Å². The zero-order chi connectivity index (χ0) is 18.2. The molecule has 0 atom stereocenters. The van der Waals surface area contributed by atoms with Crippen LogP contribution in [0.3, 0.4) is 0 Å². The highest BCUT2D eigenvalue weighted by atomic mass is 19.4. The summed E-state index contributed by atoms with van der Waals surface area (Å²) in [6.45, 7) is 3.40. The number of carboxylic acid groups (broad SMARTS) is 1. The van der Waals surface area contributed by atoms with E-state index in [4.69, 9.17) is 9.63 Å². The third kappa shape index (κ3) is 3.65. The van der Waals surface area contributed by atoms with Gasteiger partial charge < -0.3 is 14.4 Å². The van der Waals surface area contributed by atoms with Gasteiger partial charge in [0.2, 0.25) is 5.89 Å². The fraction of sp³-hybridized carbons (Fsp3) is 0.312. The smallest absolute Gasteiger partial charge is 0.478 e. The first-order chi connectivity index (χ1) is 11.7. The Morgan fingerprint density at radius 3 is 2.48 bits per heavy atom. The van der Waals surface area contributed by atoms with E-state index in [0.717, 1.165) is 5.56 Å². The van der Waals surface area contributed by atoms with Crippen LogP contribution in [0.5, 0.6) is 5.75 Å². The van der Waals surface area contributed by atoms with Crippen molar-refractivity contribution in [1.29, 1.82) is 0 Å². The Morgan fingerprint density at radius 2 is 1.96 bits per heavy atom. The lowest BCUT2D eigenvalue weighted by Gasteiger charge is -2.13. The van der Waals surface area contributed by atoms with Gasteiger partial charge in [0.15, 0.2) is 5.82 Å². The molecule has 1 N–H and O–H groups in total. The van der Waals surface area contributed by atoms with Crippen LogP contribution < -0.4 is 4.74 Å². The number of carboxylic acids is 1. The van der Waals surface area contributed by atoms with Crippen LogP contribution in [0.25, 0.3) is 0 Å². The quantitative estimate of drug-likeness (QED) is 0.802. The number of benzene rings is 1. The van der Waals surface area contributed by atoms with Crippen LogP contribution in [0, 0.1) is 0 Å². The van der Waals surface area contributed by atoms with Crippen molar-refractivity contribution in [2.24, 2.45) is 0 Å². The van der Waals surface area contributed by atoms with E-state index in [0.29, 0.717) is 18.7 Å². The van der Waals surface area contributed by atoms with Crippen LogP contribution >= 0.6 is 0 Å². The second-order valence-corrected chi connectivity index (χ2v) is 5.75. The molecule has 1 aliphatic rings. The van der Waals surface area contributed by atoms with Crippen LogP contribution in [-0.2, 0) is 16.6 Å². The Hall–Kier alpha value is -2.84. The van der Waals surface area contributed by atoms with E-state index in [2.05, 4.69) is 21.5 Å². The van der Waals surface area contributed by atoms with E-state index in [9.17, 15) is 18.0 Å². The van der Waals surface area contributed by atoms with Crippen LogP contribution in [0.1, 0.15) is 30.1 Å². The molecule has 0 saturated heterocycles. The van der Waals surface area contributed by atoms with Gasteiger partial charge in [-0.1, -0.05) is 23.9 Å². The van der Waals surface area contributed by atoms with Gasteiger partial charge in [0, 0.05) is 5.57 Å². The molecule has 0 unspecified atom stereocenters. The second kappa shape index (κ2) is 5.91.